The Kier molecular flexibility index (Phi) is 5.79. The Bertz CT molecular complexity index is 1320. The minimum Gasteiger partial charge on any atom is -0.480 e. The van der Waals surface area contributed by atoms with Crippen molar-refractivity contribution in [3.05, 3.63) is 60.4 Å². The average molecular weight is 473 g/mol. The predicted octanol–water partition coefficient (Wildman–Crippen LogP) is 1.86. The highest BCUT2D eigenvalue weighted by Gasteiger charge is 2.44. The molecular weight excluding hydrogens is 450 g/mol. The molecule has 0 bridgehead atoms. The van der Waals surface area contributed by atoms with Crippen LogP contribution in [-0.2, 0) is 10.2 Å². The molecule has 35 heavy (non-hydrogen) atoms. The van der Waals surface area contributed by atoms with Gasteiger partial charge >= 0.3 is 5.97 Å². The van der Waals surface area contributed by atoms with E-state index in [1.54, 1.807) is 30.7 Å². The van der Waals surface area contributed by atoms with E-state index in [9.17, 15) is 4.79 Å². The van der Waals surface area contributed by atoms with Gasteiger partial charge in [0.05, 0.1) is 16.7 Å². The van der Waals surface area contributed by atoms with Gasteiger partial charge in [-0.3, -0.25) is 9.78 Å². The van der Waals surface area contributed by atoms with Gasteiger partial charge in [-0.25, -0.2) is 15.0 Å². The van der Waals surface area contributed by atoms with Crippen LogP contribution in [0.1, 0.15) is 30.7 Å². The molecule has 0 amide bonds. The first-order chi connectivity index (χ1) is 16.9. The van der Waals surface area contributed by atoms with Crippen LogP contribution in [0.5, 0.6) is 0 Å². The predicted molar refractivity (Wildman–Crippen MR) is 126 cm³/mol. The van der Waals surface area contributed by atoms with Gasteiger partial charge in [0.1, 0.15) is 11.9 Å². The second kappa shape index (κ2) is 9.06. The lowest BCUT2D eigenvalue weighted by Crippen LogP contribution is -2.37. The lowest BCUT2D eigenvalue weighted by atomic mass is 9.64. The maximum Gasteiger partial charge on any atom is 0.322 e. The van der Waals surface area contributed by atoms with Crippen LogP contribution in [0, 0.1) is 0 Å². The molecule has 0 unspecified atom stereocenters. The highest BCUT2D eigenvalue weighted by atomic mass is 16.5. The first-order valence-electron chi connectivity index (χ1n) is 11.0. The van der Waals surface area contributed by atoms with Gasteiger partial charge in [0.15, 0.2) is 5.82 Å². The van der Waals surface area contributed by atoms with Gasteiger partial charge in [0, 0.05) is 36.9 Å². The summed E-state index contributed by atoms with van der Waals surface area (Å²) in [7, 11) is 0. The summed E-state index contributed by atoms with van der Waals surface area (Å²) in [5.41, 5.74) is 13.9. The monoisotopic (exact) mass is 473 g/mol. The molecular formula is C23H23N9O3. The fraction of sp³-hybridized carbons (Fsp3) is 0.261. The summed E-state index contributed by atoms with van der Waals surface area (Å²) in [5.74, 6) is 0.602. The quantitative estimate of drug-likeness (QED) is 0.291. The Morgan fingerprint density at radius 2 is 1.83 bits per heavy atom. The summed E-state index contributed by atoms with van der Waals surface area (Å²) >= 11 is 0. The van der Waals surface area contributed by atoms with Gasteiger partial charge in [-0.2, -0.15) is 4.98 Å². The molecule has 1 saturated carbocycles. The van der Waals surface area contributed by atoms with Gasteiger partial charge in [-0.05, 0) is 36.6 Å². The number of nitrogens with one attached hydrogen (secondary N) is 1. The third-order valence-electron chi connectivity index (χ3n) is 6.18. The number of hydrogen-bond acceptors (Lipinski definition) is 11. The number of carboxylic acids is 1. The third kappa shape index (κ3) is 4.38. The van der Waals surface area contributed by atoms with E-state index in [0.717, 1.165) is 36.1 Å². The topological polar surface area (TPSA) is 192 Å². The highest BCUT2D eigenvalue weighted by Crippen LogP contribution is 2.48. The molecule has 1 aliphatic rings. The molecule has 1 fully saturated rings. The zero-order chi connectivity index (χ0) is 24.4. The molecule has 178 valence electrons. The van der Waals surface area contributed by atoms with E-state index < -0.39 is 12.0 Å². The summed E-state index contributed by atoms with van der Waals surface area (Å²) in [5, 5.41) is 16.0. The van der Waals surface area contributed by atoms with Crippen molar-refractivity contribution >= 4 is 17.7 Å². The van der Waals surface area contributed by atoms with Crippen LogP contribution in [0.3, 0.4) is 0 Å². The van der Waals surface area contributed by atoms with Crippen molar-refractivity contribution < 1.29 is 14.4 Å². The van der Waals surface area contributed by atoms with E-state index >= 15 is 0 Å². The smallest absolute Gasteiger partial charge is 0.322 e. The van der Waals surface area contributed by atoms with E-state index in [0.29, 0.717) is 23.1 Å². The number of aromatic nitrogens is 6. The molecule has 5 rings (SSSR count). The molecule has 6 N–H and O–H groups in total. The molecule has 4 aromatic rings. The van der Waals surface area contributed by atoms with Crippen molar-refractivity contribution in [2.45, 2.75) is 30.7 Å². The Morgan fingerprint density at radius 3 is 2.43 bits per heavy atom. The number of carbonyl (C=O) groups is 1. The average Bonchev–Trinajstić information content (AvgIpc) is 3.33. The van der Waals surface area contributed by atoms with Gasteiger partial charge < -0.3 is 26.4 Å². The van der Waals surface area contributed by atoms with Crippen molar-refractivity contribution in [2.75, 3.05) is 17.6 Å². The summed E-state index contributed by atoms with van der Waals surface area (Å²) in [6, 6.07) is 6.42. The number of hydrogen-bond donors (Lipinski definition) is 4. The van der Waals surface area contributed by atoms with Crippen LogP contribution in [0.25, 0.3) is 22.7 Å². The zero-order valence-electron chi connectivity index (χ0n) is 18.6. The third-order valence-corrected chi connectivity index (χ3v) is 6.18. The number of pyridine rings is 2. The largest absolute Gasteiger partial charge is 0.480 e. The molecule has 12 heteroatoms. The van der Waals surface area contributed by atoms with Crippen LogP contribution in [0.15, 0.2) is 53.6 Å². The molecule has 4 aromatic heterocycles. The number of nitrogens with zero attached hydrogens (tertiary/aromatic N) is 6. The highest BCUT2D eigenvalue weighted by molar-refractivity contribution is 5.74. The Balaban J connectivity index is 1.33. The second-order valence-corrected chi connectivity index (χ2v) is 8.38. The fourth-order valence-corrected chi connectivity index (χ4v) is 3.95. The molecule has 0 spiro atoms. The minimum absolute atomic E-state index is 0.0626. The molecule has 0 aromatic carbocycles. The molecule has 0 radical (unpaired) electrons. The second-order valence-electron chi connectivity index (χ2n) is 8.38. The van der Waals surface area contributed by atoms with Crippen molar-refractivity contribution in [1.29, 1.82) is 0 Å². The first-order valence-corrected chi connectivity index (χ1v) is 11.0. The summed E-state index contributed by atoms with van der Waals surface area (Å²) in [6.45, 7) is 0.0626. The number of rotatable bonds is 8. The molecule has 0 saturated heterocycles. The van der Waals surface area contributed by atoms with Gasteiger partial charge in [0.25, 0.3) is 5.89 Å². The lowest BCUT2D eigenvalue weighted by molar-refractivity contribution is -0.138. The normalized spacial score (nSPS) is 15.2. The van der Waals surface area contributed by atoms with Crippen molar-refractivity contribution in [2.24, 2.45) is 5.73 Å². The molecule has 1 atom stereocenters. The maximum absolute atomic E-state index is 10.8. The van der Waals surface area contributed by atoms with E-state index in [2.05, 4.69) is 35.4 Å². The summed E-state index contributed by atoms with van der Waals surface area (Å²) < 4.78 is 5.56. The van der Waals surface area contributed by atoms with Crippen LogP contribution < -0.4 is 16.8 Å². The van der Waals surface area contributed by atoms with Crippen molar-refractivity contribution in [1.82, 2.24) is 30.1 Å². The lowest BCUT2D eigenvalue weighted by Gasteiger charge is -2.39. The van der Waals surface area contributed by atoms with Crippen molar-refractivity contribution in [3.63, 3.8) is 0 Å². The maximum atomic E-state index is 10.8. The summed E-state index contributed by atoms with van der Waals surface area (Å²) in [4.78, 5) is 32.4. The Morgan fingerprint density at radius 1 is 1.06 bits per heavy atom. The van der Waals surface area contributed by atoms with Crippen molar-refractivity contribution in [3.8, 4) is 22.7 Å². The molecule has 1 aliphatic carbocycles. The van der Waals surface area contributed by atoms with E-state index in [4.69, 9.17) is 21.1 Å². The van der Waals surface area contributed by atoms with Gasteiger partial charge in [-0.1, -0.05) is 17.6 Å². The fourth-order valence-electron chi connectivity index (χ4n) is 3.95. The standard InChI is InChI=1S/C23H23N9O3/c24-16(20(33)34)12-28-18-5-2-13(8-27-18)19-31-21(32-35-19)23(6-1-7-23)15-3-4-17(26-11-15)14-9-29-22(25)30-10-14/h2-5,8-11,16H,1,6-7,12,24H2,(H,27,28)(H,33,34)(H2,25,29,30)/t16-/m0/s1. The first kappa shape index (κ1) is 22.3. The van der Waals surface area contributed by atoms with E-state index in [-0.39, 0.29) is 17.9 Å². The molecule has 0 aliphatic heterocycles. The van der Waals surface area contributed by atoms with Gasteiger partial charge in [-0.15, -0.1) is 0 Å². The van der Waals surface area contributed by atoms with Gasteiger partial charge in [0.2, 0.25) is 5.95 Å². The number of aliphatic carboxylic acids is 1. The minimum atomic E-state index is -1.08. The van der Waals surface area contributed by atoms with Crippen LogP contribution in [-0.4, -0.2) is 53.7 Å². The van der Waals surface area contributed by atoms with E-state index in [1.807, 2.05) is 18.3 Å². The SMILES string of the molecule is Nc1ncc(-c2ccc(C3(c4noc(-c5ccc(NC[C@H](N)C(=O)O)nc5)n4)CCC3)cn2)cn1. The number of anilines is 2. The van der Waals surface area contributed by atoms with Crippen LogP contribution in [0.4, 0.5) is 11.8 Å². The Labute approximate surface area is 199 Å². The zero-order valence-corrected chi connectivity index (χ0v) is 18.6. The van der Waals surface area contributed by atoms with Crippen LogP contribution in [0.2, 0.25) is 0 Å². The van der Waals surface area contributed by atoms with E-state index in [1.165, 1.54) is 0 Å². The molecule has 12 nitrogen and oxygen atoms in total. The molecule has 4 heterocycles. The van der Waals surface area contributed by atoms with Crippen LogP contribution >= 0.6 is 0 Å². The number of nitrogens with two attached hydrogens (primary N) is 2. The number of carboxylic acid groups (broad SMARTS) is 1. The number of nitrogen functional groups attached to an aromatic ring is 1. The Hall–Kier alpha value is -4.45. The summed E-state index contributed by atoms with van der Waals surface area (Å²) in [6.07, 6.45) is 9.55.